The molecule has 1 N–H and O–H groups in total. The molecule has 1 unspecified atom stereocenters. The summed E-state index contributed by atoms with van der Waals surface area (Å²) in [6.07, 6.45) is 1.57. The number of halogens is 1. The highest BCUT2D eigenvalue weighted by atomic mass is 35.5. The van der Waals surface area contributed by atoms with Gasteiger partial charge in [-0.2, -0.15) is 5.10 Å². The lowest BCUT2D eigenvalue weighted by Gasteiger charge is -2.19. The molecule has 2 rings (SSSR count). The highest BCUT2D eigenvalue weighted by Crippen LogP contribution is 2.25. The van der Waals surface area contributed by atoms with Crippen molar-refractivity contribution in [1.29, 1.82) is 0 Å². The van der Waals surface area contributed by atoms with Crippen LogP contribution in [0.3, 0.4) is 0 Å². The Hall–Kier alpha value is -1.81. The minimum Gasteiger partial charge on any atom is -0.376 e. The van der Waals surface area contributed by atoms with Crippen molar-refractivity contribution in [3.63, 3.8) is 0 Å². The van der Waals surface area contributed by atoms with Gasteiger partial charge < -0.3 is 5.32 Å². The molecule has 1 heterocycles. The maximum Gasteiger partial charge on any atom is 0.287 e. The molecule has 0 bridgehead atoms. The van der Waals surface area contributed by atoms with Crippen LogP contribution in [0, 0.1) is 13.8 Å². The average Bonchev–Trinajstić information content (AvgIpc) is 2.42. The van der Waals surface area contributed by atoms with E-state index in [0.717, 1.165) is 0 Å². The van der Waals surface area contributed by atoms with Gasteiger partial charge in [0.15, 0.2) is 0 Å². The van der Waals surface area contributed by atoms with Gasteiger partial charge in [-0.1, -0.05) is 29.8 Å². The molecule has 20 heavy (non-hydrogen) atoms. The van der Waals surface area contributed by atoms with Gasteiger partial charge in [0.25, 0.3) is 5.56 Å². The number of aromatic nitrogens is 2. The van der Waals surface area contributed by atoms with Crippen LogP contribution < -0.4 is 10.9 Å². The number of rotatable bonds is 3. The van der Waals surface area contributed by atoms with E-state index >= 15 is 0 Å². The number of aryl methyl sites for hydroxylation is 2. The van der Waals surface area contributed by atoms with Crippen LogP contribution in [0.4, 0.5) is 5.69 Å². The fourth-order valence-electron chi connectivity index (χ4n) is 2.17. The summed E-state index contributed by atoms with van der Waals surface area (Å²) in [6, 6.07) is 6.22. The first kappa shape index (κ1) is 14.6. The largest absolute Gasteiger partial charge is 0.376 e. The van der Waals surface area contributed by atoms with E-state index < -0.39 is 0 Å². The van der Waals surface area contributed by atoms with Gasteiger partial charge in [-0.05, 0) is 37.5 Å². The maximum atomic E-state index is 11.8. The van der Waals surface area contributed by atoms with E-state index in [1.807, 2.05) is 13.0 Å². The van der Waals surface area contributed by atoms with E-state index in [0.29, 0.717) is 5.69 Å². The van der Waals surface area contributed by atoms with Crippen molar-refractivity contribution in [3.8, 4) is 0 Å². The number of anilines is 1. The quantitative estimate of drug-likeness (QED) is 0.944. The van der Waals surface area contributed by atoms with Crippen LogP contribution in [0.1, 0.15) is 29.7 Å². The second-order valence-corrected chi connectivity index (χ2v) is 5.33. The third-order valence-electron chi connectivity index (χ3n) is 3.56. The second-order valence-electron chi connectivity index (χ2n) is 4.96. The molecule has 2 aromatic rings. The predicted molar refractivity (Wildman–Crippen MR) is 82.4 cm³/mol. The number of nitrogens with one attached hydrogen (secondary N) is 1. The summed E-state index contributed by atoms with van der Waals surface area (Å²) in [6.45, 7) is 6.21. The van der Waals surface area contributed by atoms with Gasteiger partial charge in [-0.25, -0.2) is 4.68 Å². The SMILES string of the molecule is Cc1cccc(C(C)Nc2cnn(C)c(=O)c2Cl)c1C. The van der Waals surface area contributed by atoms with E-state index in [9.17, 15) is 4.79 Å². The number of hydrogen-bond acceptors (Lipinski definition) is 3. The van der Waals surface area contributed by atoms with E-state index in [-0.39, 0.29) is 16.6 Å². The number of benzene rings is 1. The fraction of sp³-hybridized carbons (Fsp3) is 0.333. The molecular formula is C15H18ClN3O. The Balaban J connectivity index is 2.33. The first-order valence-electron chi connectivity index (χ1n) is 6.46. The Morgan fingerprint density at radius 2 is 2.05 bits per heavy atom. The molecule has 4 nitrogen and oxygen atoms in total. The topological polar surface area (TPSA) is 46.9 Å². The summed E-state index contributed by atoms with van der Waals surface area (Å²) in [4.78, 5) is 11.8. The van der Waals surface area contributed by atoms with Crippen molar-refractivity contribution in [1.82, 2.24) is 9.78 Å². The Bertz CT molecular complexity index is 694. The minimum atomic E-state index is -0.301. The minimum absolute atomic E-state index is 0.0429. The van der Waals surface area contributed by atoms with Crippen LogP contribution in [0.15, 0.2) is 29.2 Å². The molecule has 5 heteroatoms. The van der Waals surface area contributed by atoms with Crippen LogP contribution in [-0.2, 0) is 7.05 Å². The molecule has 0 saturated carbocycles. The monoisotopic (exact) mass is 291 g/mol. The van der Waals surface area contributed by atoms with Crippen LogP contribution in [0.5, 0.6) is 0 Å². The second kappa shape index (κ2) is 5.67. The van der Waals surface area contributed by atoms with Gasteiger partial charge in [0, 0.05) is 13.1 Å². The molecule has 1 aromatic carbocycles. The Kier molecular flexibility index (Phi) is 4.14. The van der Waals surface area contributed by atoms with Crippen molar-refractivity contribution in [2.75, 3.05) is 5.32 Å². The zero-order chi connectivity index (χ0) is 14.9. The molecule has 0 aliphatic rings. The molecule has 0 radical (unpaired) electrons. The van der Waals surface area contributed by atoms with Crippen molar-refractivity contribution < 1.29 is 0 Å². The molecule has 106 valence electrons. The maximum absolute atomic E-state index is 11.8. The molecule has 0 fully saturated rings. The summed E-state index contributed by atoms with van der Waals surface area (Å²) in [5.41, 5.74) is 3.92. The normalized spacial score (nSPS) is 12.2. The third kappa shape index (κ3) is 2.70. The molecule has 0 aliphatic heterocycles. The summed E-state index contributed by atoms with van der Waals surface area (Å²) in [5, 5.41) is 7.40. The molecule has 0 amide bonds. The molecular weight excluding hydrogens is 274 g/mol. The summed E-state index contributed by atoms with van der Waals surface area (Å²) in [5.74, 6) is 0. The van der Waals surface area contributed by atoms with Gasteiger partial charge in [0.05, 0.1) is 11.9 Å². The average molecular weight is 292 g/mol. The number of nitrogens with zero attached hydrogens (tertiary/aromatic N) is 2. The van der Waals surface area contributed by atoms with Crippen molar-refractivity contribution in [3.05, 3.63) is 56.5 Å². The van der Waals surface area contributed by atoms with Crippen molar-refractivity contribution in [2.24, 2.45) is 7.05 Å². The van der Waals surface area contributed by atoms with Gasteiger partial charge in [-0.3, -0.25) is 4.79 Å². The summed E-state index contributed by atoms with van der Waals surface area (Å²) < 4.78 is 1.22. The Morgan fingerprint density at radius 3 is 2.75 bits per heavy atom. The lowest BCUT2D eigenvalue weighted by Crippen LogP contribution is -2.21. The first-order valence-corrected chi connectivity index (χ1v) is 6.84. The summed E-state index contributed by atoms with van der Waals surface area (Å²) in [7, 11) is 1.58. The van der Waals surface area contributed by atoms with Gasteiger partial charge in [-0.15, -0.1) is 0 Å². The van der Waals surface area contributed by atoms with E-state index in [1.165, 1.54) is 21.4 Å². The molecule has 0 spiro atoms. The van der Waals surface area contributed by atoms with Crippen LogP contribution in [0.2, 0.25) is 5.02 Å². The lowest BCUT2D eigenvalue weighted by molar-refractivity contribution is 0.706. The molecule has 0 saturated heterocycles. The molecule has 1 aromatic heterocycles. The number of hydrogen-bond donors (Lipinski definition) is 1. The van der Waals surface area contributed by atoms with Gasteiger partial charge in [0.1, 0.15) is 5.02 Å². The standard InChI is InChI=1S/C15H18ClN3O/c1-9-6-5-7-12(10(9)2)11(3)18-13-8-17-19(4)15(20)14(13)16/h5-8,11,18H,1-4H3. The summed E-state index contributed by atoms with van der Waals surface area (Å²) >= 11 is 6.07. The van der Waals surface area contributed by atoms with Gasteiger partial charge in [0.2, 0.25) is 0 Å². The predicted octanol–water partition coefficient (Wildman–Crippen LogP) is 3.22. The molecule has 0 aliphatic carbocycles. The zero-order valence-corrected chi connectivity index (χ0v) is 12.8. The third-order valence-corrected chi connectivity index (χ3v) is 3.93. The van der Waals surface area contributed by atoms with Crippen LogP contribution in [0.25, 0.3) is 0 Å². The first-order chi connectivity index (χ1) is 9.41. The highest BCUT2D eigenvalue weighted by Gasteiger charge is 2.13. The van der Waals surface area contributed by atoms with Crippen molar-refractivity contribution in [2.45, 2.75) is 26.8 Å². The highest BCUT2D eigenvalue weighted by molar-refractivity contribution is 6.32. The lowest BCUT2D eigenvalue weighted by atomic mass is 9.98. The van der Waals surface area contributed by atoms with E-state index in [2.05, 4.69) is 36.4 Å². The van der Waals surface area contributed by atoms with Crippen LogP contribution in [-0.4, -0.2) is 9.78 Å². The Labute approximate surface area is 123 Å². The zero-order valence-electron chi connectivity index (χ0n) is 12.1. The van der Waals surface area contributed by atoms with Gasteiger partial charge >= 0.3 is 0 Å². The molecule has 1 atom stereocenters. The van der Waals surface area contributed by atoms with E-state index in [4.69, 9.17) is 11.6 Å². The fourth-order valence-corrected chi connectivity index (χ4v) is 2.39. The van der Waals surface area contributed by atoms with E-state index in [1.54, 1.807) is 13.2 Å². The van der Waals surface area contributed by atoms with Crippen molar-refractivity contribution >= 4 is 17.3 Å². The smallest absolute Gasteiger partial charge is 0.287 e. The Morgan fingerprint density at radius 1 is 1.35 bits per heavy atom. The van der Waals surface area contributed by atoms with Crippen LogP contribution >= 0.6 is 11.6 Å².